The number of carboxylic acid groups (broad SMARTS) is 4. The summed E-state index contributed by atoms with van der Waals surface area (Å²) >= 11 is 0. The molecule has 8 nitrogen and oxygen atoms in total. The van der Waals surface area contributed by atoms with Gasteiger partial charge in [-0.25, -0.2) is 9.59 Å². The van der Waals surface area contributed by atoms with E-state index in [1.807, 2.05) is 0 Å². The Balaban J connectivity index is -0.0000000980. The molecule has 88 valence electrons. The van der Waals surface area contributed by atoms with Gasteiger partial charge in [0.25, 0.3) is 0 Å². The molecule has 0 spiro atoms. The van der Waals surface area contributed by atoms with Gasteiger partial charge >= 0.3 is 71.1 Å². The standard InChI is InChI=1S/2C4H4O4.2Na/c2*5-3(6)1-2-4(7)8;;/h2*1-2H,(H,5,6)(H,7,8);;/q;;2*+1/p-2/b2-1+;2-1-;;. The fourth-order valence-electron chi connectivity index (χ4n) is 0.279. The minimum Gasteiger partial charge on any atom is -0.545 e. The van der Waals surface area contributed by atoms with E-state index in [1.165, 1.54) is 0 Å². The maximum atomic E-state index is 9.53. The van der Waals surface area contributed by atoms with Gasteiger partial charge in [0.2, 0.25) is 0 Å². The van der Waals surface area contributed by atoms with Crippen LogP contribution in [0.4, 0.5) is 0 Å². The van der Waals surface area contributed by atoms with E-state index >= 15 is 0 Å². The van der Waals surface area contributed by atoms with Gasteiger partial charge in [-0.2, -0.15) is 0 Å². The molecule has 18 heavy (non-hydrogen) atoms. The number of carbonyl (C=O) groups excluding carboxylic acids is 2. The van der Waals surface area contributed by atoms with Crippen molar-refractivity contribution < 1.29 is 98.7 Å². The molecule has 0 rings (SSSR count). The smallest absolute Gasteiger partial charge is 0.545 e. The summed E-state index contributed by atoms with van der Waals surface area (Å²) < 4.78 is 0. The van der Waals surface area contributed by atoms with Crippen molar-refractivity contribution in [1.82, 2.24) is 0 Å². The molecule has 0 aromatic heterocycles. The molecule has 0 radical (unpaired) electrons. The van der Waals surface area contributed by atoms with Crippen molar-refractivity contribution in [3.05, 3.63) is 24.3 Å². The molecule has 2 N–H and O–H groups in total. The number of carbonyl (C=O) groups is 4. The Morgan fingerprint density at radius 1 is 0.667 bits per heavy atom. The van der Waals surface area contributed by atoms with Crippen molar-refractivity contribution in [2.45, 2.75) is 0 Å². The Morgan fingerprint density at radius 3 is 0.944 bits per heavy atom. The molecule has 0 aliphatic carbocycles. The monoisotopic (exact) mass is 276 g/mol. The van der Waals surface area contributed by atoms with E-state index in [0.717, 1.165) is 0 Å². The first-order valence-electron chi connectivity index (χ1n) is 3.49. The van der Waals surface area contributed by atoms with Gasteiger partial charge in [0.05, 0.1) is 11.9 Å². The van der Waals surface area contributed by atoms with Crippen molar-refractivity contribution >= 4 is 23.9 Å². The first kappa shape index (κ1) is 26.0. The van der Waals surface area contributed by atoms with E-state index in [-0.39, 0.29) is 59.1 Å². The van der Waals surface area contributed by atoms with Gasteiger partial charge in [0, 0.05) is 12.2 Å². The van der Waals surface area contributed by atoms with Gasteiger partial charge in [-0.05, 0) is 12.2 Å². The molecule has 0 unspecified atom stereocenters. The predicted molar refractivity (Wildman–Crippen MR) is 43.6 cm³/mol. The predicted octanol–water partition coefficient (Wildman–Crippen LogP) is -9.24. The molecule has 0 fully saturated rings. The summed E-state index contributed by atoms with van der Waals surface area (Å²) in [6.07, 6.45) is 1.88. The molecule has 10 heteroatoms. The Bertz CT molecular complexity index is 281. The quantitative estimate of drug-likeness (QED) is 0.378. The van der Waals surface area contributed by atoms with Gasteiger partial charge in [-0.1, -0.05) is 0 Å². The van der Waals surface area contributed by atoms with Gasteiger partial charge in [0.1, 0.15) is 0 Å². The van der Waals surface area contributed by atoms with Crippen molar-refractivity contribution in [3.63, 3.8) is 0 Å². The summed E-state index contributed by atoms with van der Waals surface area (Å²) in [5, 5.41) is 34.5. The average Bonchev–Trinajstić information content (AvgIpc) is 2.12. The van der Waals surface area contributed by atoms with Crippen LogP contribution in [0, 0.1) is 0 Å². The first-order chi connectivity index (χ1) is 7.25. The normalized spacial score (nSPS) is 8.44. The number of hydrogen-bond acceptors (Lipinski definition) is 6. The Labute approximate surface area is 146 Å². The molecule has 0 aromatic rings. The summed E-state index contributed by atoms with van der Waals surface area (Å²) in [4.78, 5) is 37.9. The summed E-state index contributed by atoms with van der Waals surface area (Å²) in [5.41, 5.74) is 0. The fourth-order valence-corrected chi connectivity index (χ4v) is 0.279. The Kier molecular flexibility index (Phi) is 23.7. The van der Waals surface area contributed by atoms with Gasteiger partial charge in [-0.3, -0.25) is 0 Å². The second-order valence-corrected chi connectivity index (χ2v) is 1.98. The first-order valence-corrected chi connectivity index (χ1v) is 3.49. The van der Waals surface area contributed by atoms with Crippen LogP contribution >= 0.6 is 0 Å². The molecular formula is C8H6Na2O8. The zero-order valence-electron chi connectivity index (χ0n) is 9.65. The van der Waals surface area contributed by atoms with Crippen LogP contribution in [0.15, 0.2) is 24.3 Å². The maximum absolute atomic E-state index is 9.53. The summed E-state index contributed by atoms with van der Waals surface area (Å²) in [5.74, 6) is -5.61. The summed E-state index contributed by atoms with van der Waals surface area (Å²) in [6.45, 7) is 0. The minimum absolute atomic E-state index is 0. The zero-order chi connectivity index (χ0) is 13.1. The Morgan fingerprint density at radius 2 is 0.889 bits per heavy atom. The average molecular weight is 276 g/mol. The van der Waals surface area contributed by atoms with Crippen LogP contribution in [-0.4, -0.2) is 34.1 Å². The number of hydrogen-bond donors (Lipinski definition) is 2. The largest absolute Gasteiger partial charge is 1.00 e. The molecule has 0 aromatic carbocycles. The van der Waals surface area contributed by atoms with Gasteiger partial charge < -0.3 is 30.0 Å². The second-order valence-electron chi connectivity index (χ2n) is 1.98. The minimum atomic E-state index is -1.51. The van der Waals surface area contributed by atoms with Crippen LogP contribution in [0.1, 0.15) is 0 Å². The third-order valence-corrected chi connectivity index (χ3v) is 0.724. The van der Waals surface area contributed by atoms with Crippen LogP contribution in [0.2, 0.25) is 0 Å². The van der Waals surface area contributed by atoms with Crippen LogP contribution in [0.5, 0.6) is 0 Å². The summed E-state index contributed by atoms with van der Waals surface area (Å²) in [7, 11) is 0. The van der Waals surface area contributed by atoms with Crippen molar-refractivity contribution in [2.75, 3.05) is 0 Å². The molecule has 0 saturated heterocycles. The molecule has 0 bridgehead atoms. The number of carboxylic acids is 4. The molecular weight excluding hydrogens is 270 g/mol. The SMILES string of the molecule is O=C([O-])/C=C/C(=O)O.O=C([O-])/C=C\C(=O)O.[Na+].[Na+]. The van der Waals surface area contributed by atoms with E-state index in [9.17, 15) is 29.4 Å². The fraction of sp³-hybridized carbons (Fsp3) is 0. The van der Waals surface area contributed by atoms with Crippen molar-refractivity contribution in [2.24, 2.45) is 0 Å². The number of rotatable bonds is 4. The molecule has 0 amide bonds. The second kappa shape index (κ2) is 16.4. The Hall–Kier alpha value is -0.640. The maximum Gasteiger partial charge on any atom is 1.00 e. The van der Waals surface area contributed by atoms with E-state index < -0.39 is 23.9 Å². The third-order valence-electron chi connectivity index (χ3n) is 0.724. The van der Waals surface area contributed by atoms with E-state index in [0.29, 0.717) is 24.3 Å². The topological polar surface area (TPSA) is 155 Å². The van der Waals surface area contributed by atoms with Crippen LogP contribution in [0.25, 0.3) is 0 Å². The number of aliphatic carboxylic acids is 4. The van der Waals surface area contributed by atoms with Crippen LogP contribution in [0.3, 0.4) is 0 Å². The van der Waals surface area contributed by atoms with E-state index in [2.05, 4.69) is 0 Å². The molecule has 0 heterocycles. The van der Waals surface area contributed by atoms with E-state index in [4.69, 9.17) is 10.2 Å². The molecule has 0 saturated carbocycles. The molecule has 0 atom stereocenters. The van der Waals surface area contributed by atoms with Crippen molar-refractivity contribution in [3.8, 4) is 0 Å². The third kappa shape index (κ3) is 36.2. The van der Waals surface area contributed by atoms with Gasteiger partial charge in [0.15, 0.2) is 0 Å². The zero-order valence-corrected chi connectivity index (χ0v) is 13.7. The van der Waals surface area contributed by atoms with Crippen molar-refractivity contribution in [1.29, 1.82) is 0 Å². The van der Waals surface area contributed by atoms with Gasteiger partial charge in [-0.15, -0.1) is 0 Å². The molecule has 0 aliphatic rings. The molecule has 0 aliphatic heterocycles. The summed E-state index contributed by atoms with van der Waals surface area (Å²) in [6, 6.07) is 0. The van der Waals surface area contributed by atoms with Crippen LogP contribution in [-0.2, 0) is 19.2 Å². The van der Waals surface area contributed by atoms with E-state index in [1.54, 1.807) is 0 Å². The van der Waals surface area contributed by atoms with Crippen LogP contribution < -0.4 is 69.3 Å².